The molecule has 4 aromatic rings. The Morgan fingerprint density at radius 1 is 1.13 bits per heavy atom. The van der Waals surface area contributed by atoms with Crippen LogP contribution in [0.25, 0.3) is 10.9 Å². The molecule has 2 aromatic carbocycles. The molecule has 5 nitrogen and oxygen atoms in total. The molecule has 0 saturated carbocycles. The molecule has 0 saturated heterocycles. The summed E-state index contributed by atoms with van der Waals surface area (Å²) in [4.78, 5) is 15.8. The van der Waals surface area contributed by atoms with Crippen molar-refractivity contribution in [3.05, 3.63) is 94.4 Å². The molecule has 1 N–H and O–H groups in total. The Hall–Kier alpha value is -3.31. The number of carboxylic acid groups (broad SMARTS) is 1. The number of benzene rings is 2. The van der Waals surface area contributed by atoms with Gasteiger partial charge in [-0.25, -0.2) is 0 Å². The van der Waals surface area contributed by atoms with Crippen molar-refractivity contribution in [1.29, 1.82) is 0 Å². The maximum Gasteiger partial charge on any atom is 0.307 e. The molecular formula is C24H21ClN2O3. The third-order valence-electron chi connectivity index (χ3n) is 5.12. The topological polar surface area (TPSA) is 64.3 Å². The standard InChI is InChI=1S/C24H21ClN2O3/c1-16-21(13-24(28)29)22-12-20(30-15-19-4-2-3-11-26-19)9-10-23(22)27(16)14-17-5-7-18(25)8-6-17/h2-12H,13-15H2,1H3,(H,28,29). The summed E-state index contributed by atoms with van der Waals surface area (Å²) in [6.07, 6.45) is 1.69. The zero-order chi connectivity index (χ0) is 21.1. The fourth-order valence-corrected chi connectivity index (χ4v) is 3.74. The first kappa shape index (κ1) is 20.0. The van der Waals surface area contributed by atoms with Gasteiger partial charge in [-0.1, -0.05) is 29.8 Å². The average molecular weight is 421 g/mol. The van der Waals surface area contributed by atoms with Crippen molar-refractivity contribution in [2.24, 2.45) is 0 Å². The molecule has 0 aliphatic heterocycles. The third-order valence-corrected chi connectivity index (χ3v) is 5.37. The highest BCUT2D eigenvalue weighted by Crippen LogP contribution is 2.31. The largest absolute Gasteiger partial charge is 0.487 e. The molecule has 0 aliphatic rings. The van der Waals surface area contributed by atoms with Crippen LogP contribution in [0.2, 0.25) is 5.02 Å². The number of ether oxygens (including phenoxy) is 1. The monoisotopic (exact) mass is 420 g/mol. The smallest absolute Gasteiger partial charge is 0.307 e. The van der Waals surface area contributed by atoms with E-state index in [-0.39, 0.29) is 6.42 Å². The Morgan fingerprint density at radius 2 is 1.93 bits per heavy atom. The molecule has 0 bridgehead atoms. The van der Waals surface area contributed by atoms with Crippen LogP contribution in [0.5, 0.6) is 5.75 Å². The minimum atomic E-state index is -0.858. The fraction of sp³-hybridized carbons (Fsp3) is 0.167. The van der Waals surface area contributed by atoms with E-state index in [2.05, 4.69) is 9.55 Å². The number of rotatable bonds is 7. The number of pyridine rings is 1. The molecule has 152 valence electrons. The van der Waals surface area contributed by atoms with Gasteiger partial charge in [0, 0.05) is 34.4 Å². The van der Waals surface area contributed by atoms with E-state index in [1.54, 1.807) is 6.20 Å². The summed E-state index contributed by atoms with van der Waals surface area (Å²) in [5.74, 6) is -0.174. The van der Waals surface area contributed by atoms with Crippen LogP contribution in [0.15, 0.2) is 66.9 Å². The van der Waals surface area contributed by atoms with Gasteiger partial charge in [-0.15, -0.1) is 0 Å². The van der Waals surface area contributed by atoms with Crippen LogP contribution in [0.4, 0.5) is 0 Å². The first-order valence-electron chi connectivity index (χ1n) is 9.62. The van der Waals surface area contributed by atoms with Crippen molar-refractivity contribution in [2.45, 2.75) is 26.5 Å². The van der Waals surface area contributed by atoms with Gasteiger partial charge in [0.05, 0.1) is 12.1 Å². The lowest BCUT2D eigenvalue weighted by atomic mass is 10.1. The van der Waals surface area contributed by atoms with Gasteiger partial charge >= 0.3 is 5.97 Å². The first-order valence-corrected chi connectivity index (χ1v) is 10.00. The summed E-state index contributed by atoms with van der Waals surface area (Å²) in [6.45, 7) is 2.95. The van der Waals surface area contributed by atoms with Gasteiger partial charge in [0.15, 0.2) is 0 Å². The molecule has 0 unspecified atom stereocenters. The second-order valence-electron chi connectivity index (χ2n) is 7.14. The Kier molecular flexibility index (Phi) is 5.72. The number of nitrogens with zero attached hydrogens (tertiary/aromatic N) is 2. The van der Waals surface area contributed by atoms with Gasteiger partial charge in [-0.05, 0) is 60.5 Å². The zero-order valence-corrected chi connectivity index (χ0v) is 17.3. The lowest BCUT2D eigenvalue weighted by Crippen LogP contribution is -2.05. The molecule has 0 spiro atoms. The molecule has 0 amide bonds. The van der Waals surface area contributed by atoms with Crippen LogP contribution < -0.4 is 4.74 Å². The molecule has 6 heteroatoms. The third kappa shape index (κ3) is 4.31. The van der Waals surface area contributed by atoms with E-state index in [0.717, 1.165) is 33.4 Å². The van der Waals surface area contributed by atoms with Crippen molar-refractivity contribution in [2.75, 3.05) is 0 Å². The maximum absolute atomic E-state index is 11.5. The highest BCUT2D eigenvalue weighted by Gasteiger charge is 2.17. The van der Waals surface area contributed by atoms with E-state index in [4.69, 9.17) is 16.3 Å². The zero-order valence-electron chi connectivity index (χ0n) is 16.5. The van der Waals surface area contributed by atoms with Crippen molar-refractivity contribution in [1.82, 2.24) is 9.55 Å². The predicted molar refractivity (Wildman–Crippen MR) is 117 cm³/mol. The quantitative estimate of drug-likeness (QED) is 0.443. The van der Waals surface area contributed by atoms with E-state index in [1.807, 2.05) is 67.6 Å². The molecule has 0 fully saturated rings. The molecule has 2 heterocycles. The Morgan fingerprint density at radius 3 is 2.63 bits per heavy atom. The fourth-order valence-electron chi connectivity index (χ4n) is 3.61. The van der Waals surface area contributed by atoms with Gasteiger partial charge in [-0.2, -0.15) is 0 Å². The SMILES string of the molecule is Cc1c(CC(=O)O)c2cc(OCc3ccccn3)ccc2n1Cc1ccc(Cl)cc1. The molecule has 0 atom stereocenters. The number of carbonyl (C=O) groups is 1. The second kappa shape index (κ2) is 8.59. The molecular weight excluding hydrogens is 400 g/mol. The van der Waals surface area contributed by atoms with E-state index < -0.39 is 5.97 Å². The number of hydrogen-bond acceptors (Lipinski definition) is 3. The van der Waals surface area contributed by atoms with E-state index >= 15 is 0 Å². The van der Waals surface area contributed by atoms with Gasteiger partial charge in [-0.3, -0.25) is 9.78 Å². The summed E-state index contributed by atoms with van der Waals surface area (Å²) < 4.78 is 8.05. The van der Waals surface area contributed by atoms with Crippen molar-refractivity contribution >= 4 is 28.5 Å². The van der Waals surface area contributed by atoms with E-state index in [9.17, 15) is 9.90 Å². The van der Waals surface area contributed by atoms with Gasteiger partial charge in [0.1, 0.15) is 12.4 Å². The molecule has 2 aromatic heterocycles. The van der Waals surface area contributed by atoms with Gasteiger partial charge in [0.25, 0.3) is 0 Å². The van der Waals surface area contributed by atoms with Crippen LogP contribution in [0.3, 0.4) is 0 Å². The average Bonchev–Trinajstić information content (AvgIpc) is 2.99. The number of aromatic nitrogens is 2. The molecule has 0 aliphatic carbocycles. The van der Waals surface area contributed by atoms with Crippen LogP contribution in [0.1, 0.15) is 22.5 Å². The summed E-state index contributed by atoms with van der Waals surface area (Å²) in [5.41, 5.74) is 4.64. The second-order valence-corrected chi connectivity index (χ2v) is 7.57. The predicted octanol–water partition coefficient (Wildman–Crippen LogP) is 5.25. The highest BCUT2D eigenvalue weighted by atomic mass is 35.5. The van der Waals surface area contributed by atoms with Gasteiger partial charge < -0.3 is 14.4 Å². The van der Waals surface area contributed by atoms with Crippen LogP contribution in [-0.2, 0) is 24.4 Å². The lowest BCUT2D eigenvalue weighted by molar-refractivity contribution is -0.136. The molecule has 30 heavy (non-hydrogen) atoms. The molecule has 4 rings (SSSR count). The number of carboxylic acids is 1. The van der Waals surface area contributed by atoms with E-state index in [1.165, 1.54) is 0 Å². The first-order chi connectivity index (χ1) is 14.5. The minimum Gasteiger partial charge on any atom is -0.487 e. The summed E-state index contributed by atoms with van der Waals surface area (Å²) in [5, 5.41) is 11.0. The van der Waals surface area contributed by atoms with Crippen molar-refractivity contribution < 1.29 is 14.6 Å². The van der Waals surface area contributed by atoms with Crippen LogP contribution in [0, 0.1) is 6.92 Å². The summed E-state index contributed by atoms with van der Waals surface area (Å²) in [7, 11) is 0. The van der Waals surface area contributed by atoms with Crippen molar-refractivity contribution in [3.63, 3.8) is 0 Å². The van der Waals surface area contributed by atoms with Crippen molar-refractivity contribution in [3.8, 4) is 5.75 Å². The van der Waals surface area contributed by atoms with E-state index in [0.29, 0.717) is 23.9 Å². The lowest BCUT2D eigenvalue weighted by Gasteiger charge is -2.10. The minimum absolute atomic E-state index is 0.0420. The summed E-state index contributed by atoms with van der Waals surface area (Å²) in [6, 6.07) is 19.2. The Balaban J connectivity index is 1.70. The Labute approximate surface area is 179 Å². The van der Waals surface area contributed by atoms with Crippen LogP contribution in [-0.4, -0.2) is 20.6 Å². The number of fused-ring (bicyclic) bond motifs is 1. The molecule has 0 radical (unpaired) electrons. The van der Waals surface area contributed by atoms with Crippen LogP contribution >= 0.6 is 11.6 Å². The number of hydrogen-bond donors (Lipinski definition) is 1. The summed E-state index contributed by atoms with van der Waals surface area (Å²) >= 11 is 6.00. The number of halogens is 1. The number of aliphatic carboxylic acids is 1. The maximum atomic E-state index is 11.5. The highest BCUT2D eigenvalue weighted by molar-refractivity contribution is 6.30. The Bertz CT molecular complexity index is 1180. The van der Waals surface area contributed by atoms with Gasteiger partial charge in [0.2, 0.25) is 0 Å². The normalized spacial score (nSPS) is 11.0.